The summed E-state index contributed by atoms with van der Waals surface area (Å²) in [5.41, 5.74) is 2.53. The highest BCUT2D eigenvalue weighted by molar-refractivity contribution is 7.85. The lowest BCUT2D eigenvalue weighted by atomic mass is 10.1. The predicted molar refractivity (Wildman–Crippen MR) is 72.0 cm³/mol. The van der Waals surface area contributed by atoms with E-state index in [0.717, 1.165) is 0 Å². The van der Waals surface area contributed by atoms with Crippen LogP contribution >= 0.6 is 0 Å². The van der Waals surface area contributed by atoms with Gasteiger partial charge in [-0.05, 0) is 30.3 Å². The molecule has 0 aliphatic rings. The molecule has 2 aromatic rings. The van der Waals surface area contributed by atoms with Gasteiger partial charge >= 0.3 is 12.4 Å². The van der Waals surface area contributed by atoms with Crippen LogP contribution in [-0.4, -0.2) is 4.21 Å². The lowest BCUT2D eigenvalue weighted by Gasteiger charge is -2.14. The Morgan fingerprint density at radius 2 is 1.30 bits per heavy atom. The Bertz CT molecular complexity index is 721. The SMILES string of the molecule is Nc1ccccc1S(=O)c1cc(C(F)(F)F)cc(C(F)(F)F)c1. The van der Waals surface area contributed by atoms with Crippen molar-refractivity contribution in [2.24, 2.45) is 0 Å². The van der Waals surface area contributed by atoms with E-state index in [1.165, 1.54) is 24.3 Å². The Hall–Kier alpha value is -2.03. The van der Waals surface area contributed by atoms with Gasteiger partial charge < -0.3 is 5.73 Å². The summed E-state index contributed by atoms with van der Waals surface area (Å²) in [5, 5.41) is 0. The van der Waals surface area contributed by atoms with E-state index in [1.54, 1.807) is 0 Å². The Labute approximate surface area is 129 Å². The van der Waals surface area contributed by atoms with Crippen molar-refractivity contribution in [3.05, 3.63) is 53.6 Å². The molecular weight excluding hydrogens is 344 g/mol. The molecule has 23 heavy (non-hydrogen) atoms. The van der Waals surface area contributed by atoms with E-state index >= 15 is 0 Å². The second-order valence-corrected chi connectivity index (χ2v) is 6.00. The van der Waals surface area contributed by atoms with E-state index < -0.39 is 39.2 Å². The van der Waals surface area contributed by atoms with Crippen LogP contribution in [0.3, 0.4) is 0 Å². The first-order chi connectivity index (χ1) is 10.5. The summed E-state index contributed by atoms with van der Waals surface area (Å²) >= 11 is 0. The summed E-state index contributed by atoms with van der Waals surface area (Å²) in [4.78, 5) is -0.676. The van der Waals surface area contributed by atoms with Crippen molar-refractivity contribution in [1.29, 1.82) is 0 Å². The molecule has 0 bridgehead atoms. The largest absolute Gasteiger partial charge is 0.416 e. The minimum absolute atomic E-state index is 0.0109. The molecule has 2 rings (SSSR count). The highest BCUT2D eigenvalue weighted by Crippen LogP contribution is 2.37. The van der Waals surface area contributed by atoms with Gasteiger partial charge in [0.2, 0.25) is 0 Å². The Balaban J connectivity index is 2.63. The van der Waals surface area contributed by atoms with Crippen LogP contribution in [0.25, 0.3) is 0 Å². The van der Waals surface area contributed by atoms with Gasteiger partial charge in [-0.1, -0.05) is 12.1 Å². The average Bonchev–Trinajstić information content (AvgIpc) is 2.45. The van der Waals surface area contributed by atoms with Crippen LogP contribution in [0.1, 0.15) is 11.1 Å². The average molecular weight is 353 g/mol. The van der Waals surface area contributed by atoms with E-state index in [1.807, 2.05) is 0 Å². The third-order valence-electron chi connectivity index (χ3n) is 2.89. The van der Waals surface area contributed by atoms with Gasteiger partial charge in [0.05, 0.1) is 26.8 Å². The topological polar surface area (TPSA) is 43.1 Å². The standard InChI is InChI=1S/C14H9F6NOS/c15-13(16,17)8-5-9(14(18,19)20)7-10(6-8)23(22)12-4-2-1-3-11(12)21/h1-7H,21H2. The van der Waals surface area contributed by atoms with Gasteiger partial charge in [0.15, 0.2) is 0 Å². The summed E-state index contributed by atoms with van der Waals surface area (Å²) < 4.78 is 89.1. The molecule has 0 aliphatic carbocycles. The van der Waals surface area contributed by atoms with Gasteiger partial charge in [-0.25, -0.2) is 4.21 Å². The number of alkyl halides is 6. The molecule has 124 valence electrons. The molecule has 0 aliphatic heterocycles. The zero-order chi connectivity index (χ0) is 17.4. The van der Waals surface area contributed by atoms with Gasteiger partial charge in [0.1, 0.15) is 0 Å². The number of nitrogen functional groups attached to an aromatic ring is 1. The maximum Gasteiger partial charge on any atom is 0.416 e. The van der Waals surface area contributed by atoms with Gasteiger partial charge in [0, 0.05) is 10.6 Å². The minimum Gasteiger partial charge on any atom is -0.398 e. The molecule has 0 spiro atoms. The van der Waals surface area contributed by atoms with Crippen LogP contribution in [0.2, 0.25) is 0 Å². The summed E-state index contributed by atoms with van der Waals surface area (Å²) in [6.45, 7) is 0. The zero-order valence-corrected chi connectivity index (χ0v) is 12.0. The number of rotatable bonds is 2. The van der Waals surface area contributed by atoms with Crippen molar-refractivity contribution in [1.82, 2.24) is 0 Å². The van der Waals surface area contributed by atoms with E-state index in [9.17, 15) is 30.6 Å². The van der Waals surface area contributed by atoms with Gasteiger partial charge in [-0.15, -0.1) is 0 Å². The summed E-state index contributed by atoms with van der Waals surface area (Å²) in [5.74, 6) is 0. The van der Waals surface area contributed by atoms with Crippen LogP contribution in [0.15, 0.2) is 52.3 Å². The molecule has 2 N–H and O–H groups in total. The van der Waals surface area contributed by atoms with Crippen LogP contribution in [-0.2, 0) is 23.2 Å². The van der Waals surface area contributed by atoms with Gasteiger partial charge in [-0.3, -0.25) is 0 Å². The number of nitrogens with two attached hydrogens (primary N) is 1. The monoisotopic (exact) mass is 353 g/mol. The lowest BCUT2D eigenvalue weighted by molar-refractivity contribution is -0.143. The molecule has 1 unspecified atom stereocenters. The lowest BCUT2D eigenvalue weighted by Crippen LogP contribution is -2.12. The Morgan fingerprint density at radius 1 is 0.826 bits per heavy atom. The number of benzene rings is 2. The Kier molecular flexibility index (Phi) is 4.43. The fourth-order valence-electron chi connectivity index (χ4n) is 1.81. The van der Waals surface area contributed by atoms with E-state index in [4.69, 9.17) is 5.73 Å². The summed E-state index contributed by atoms with van der Waals surface area (Å²) in [6, 6.07) is 6.40. The van der Waals surface area contributed by atoms with Crippen molar-refractivity contribution in [2.45, 2.75) is 22.1 Å². The van der Waals surface area contributed by atoms with Gasteiger partial charge in [-0.2, -0.15) is 26.3 Å². The van der Waals surface area contributed by atoms with E-state index in [0.29, 0.717) is 12.1 Å². The van der Waals surface area contributed by atoms with Crippen molar-refractivity contribution in [3.63, 3.8) is 0 Å². The third kappa shape index (κ3) is 3.84. The maximum atomic E-state index is 12.8. The number of halogens is 6. The van der Waals surface area contributed by atoms with Crippen LogP contribution in [0.5, 0.6) is 0 Å². The fourth-order valence-corrected chi connectivity index (χ4v) is 3.02. The summed E-state index contributed by atoms with van der Waals surface area (Å²) in [6.07, 6.45) is -10.00. The normalized spacial score (nSPS) is 13.8. The molecule has 0 aromatic heterocycles. The first kappa shape index (κ1) is 17.3. The van der Waals surface area contributed by atoms with Crippen LogP contribution < -0.4 is 5.73 Å². The number of hydrogen-bond acceptors (Lipinski definition) is 2. The zero-order valence-electron chi connectivity index (χ0n) is 11.2. The molecule has 0 heterocycles. The molecule has 1 atom stereocenters. The molecule has 0 amide bonds. The number of anilines is 1. The molecule has 2 aromatic carbocycles. The van der Waals surface area contributed by atoms with Crippen molar-refractivity contribution < 1.29 is 30.6 Å². The first-order valence-electron chi connectivity index (χ1n) is 6.06. The highest BCUT2D eigenvalue weighted by atomic mass is 32.2. The second kappa shape index (κ2) is 5.88. The third-order valence-corrected chi connectivity index (χ3v) is 4.33. The van der Waals surface area contributed by atoms with Gasteiger partial charge in [0.25, 0.3) is 0 Å². The fraction of sp³-hybridized carbons (Fsp3) is 0.143. The maximum absolute atomic E-state index is 12.8. The molecule has 0 radical (unpaired) electrons. The number of para-hydroxylation sites is 1. The molecule has 9 heteroatoms. The quantitative estimate of drug-likeness (QED) is 0.639. The van der Waals surface area contributed by atoms with Crippen LogP contribution in [0, 0.1) is 0 Å². The molecular formula is C14H9F6NOS. The highest BCUT2D eigenvalue weighted by Gasteiger charge is 2.37. The molecule has 0 saturated carbocycles. The van der Waals surface area contributed by atoms with E-state index in [2.05, 4.69) is 0 Å². The van der Waals surface area contributed by atoms with Crippen molar-refractivity contribution >= 4 is 16.5 Å². The van der Waals surface area contributed by atoms with E-state index in [-0.39, 0.29) is 16.6 Å². The minimum atomic E-state index is -5.00. The smallest absolute Gasteiger partial charge is 0.398 e. The summed E-state index contributed by atoms with van der Waals surface area (Å²) in [7, 11) is -2.27. The molecule has 0 fully saturated rings. The van der Waals surface area contributed by atoms with Crippen molar-refractivity contribution in [2.75, 3.05) is 5.73 Å². The van der Waals surface area contributed by atoms with Crippen molar-refractivity contribution in [3.8, 4) is 0 Å². The van der Waals surface area contributed by atoms with Crippen LogP contribution in [0.4, 0.5) is 32.0 Å². The Morgan fingerprint density at radius 3 is 1.74 bits per heavy atom. The predicted octanol–water partition coefficient (Wildman–Crippen LogP) is 4.47. The molecule has 0 saturated heterocycles. The first-order valence-corrected chi connectivity index (χ1v) is 7.21. The second-order valence-electron chi connectivity index (χ2n) is 4.55. The number of hydrogen-bond donors (Lipinski definition) is 1. The molecule has 2 nitrogen and oxygen atoms in total.